The second-order valence-electron chi connectivity index (χ2n) is 4.60. The first-order chi connectivity index (χ1) is 9.59. The van der Waals surface area contributed by atoms with Gasteiger partial charge in [0.1, 0.15) is 0 Å². The van der Waals surface area contributed by atoms with Crippen molar-refractivity contribution in [3.8, 4) is 0 Å². The molecule has 0 unspecified atom stereocenters. The van der Waals surface area contributed by atoms with Crippen LogP contribution in [0.3, 0.4) is 0 Å². The second kappa shape index (κ2) is 5.00. The number of sulfonamides is 1. The van der Waals surface area contributed by atoms with Crippen molar-refractivity contribution < 1.29 is 13.2 Å². The lowest BCUT2D eigenvalue weighted by Gasteiger charge is -2.33. The number of aryl methyl sites for hydroxylation is 1. The number of nitrogens with zero attached hydrogens (tertiary/aromatic N) is 4. The molecule has 1 atom stereocenters. The van der Waals surface area contributed by atoms with E-state index in [1.807, 2.05) is 0 Å². The van der Waals surface area contributed by atoms with Crippen LogP contribution in [-0.2, 0) is 21.8 Å². The average molecular weight is 297 g/mol. The van der Waals surface area contributed by atoms with Crippen LogP contribution in [0.5, 0.6) is 0 Å². The molecule has 20 heavy (non-hydrogen) atoms. The van der Waals surface area contributed by atoms with E-state index in [0.29, 0.717) is 25.5 Å². The van der Waals surface area contributed by atoms with E-state index in [2.05, 4.69) is 15.2 Å². The SMILES string of the molecule is Cn1cnc(S(=O)(=O)N2CCOC[C@H]2c2ccn[nH]2)c1. The minimum atomic E-state index is -3.64. The molecular weight excluding hydrogens is 282 g/mol. The summed E-state index contributed by atoms with van der Waals surface area (Å²) in [5, 5.41) is 6.72. The Morgan fingerprint density at radius 2 is 2.35 bits per heavy atom. The Morgan fingerprint density at radius 3 is 3.00 bits per heavy atom. The number of H-pyrrole nitrogens is 1. The molecule has 108 valence electrons. The van der Waals surface area contributed by atoms with Gasteiger partial charge in [-0.3, -0.25) is 5.10 Å². The van der Waals surface area contributed by atoms with E-state index in [-0.39, 0.29) is 5.03 Å². The summed E-state index contributed by atoms with van der Waals surface area (Å²) >= 11 is 0. The smallest absolute Gasteiger partial charge is 0.262 e. The Hall–Kier alpha value is -1.71. The van der Waals surface area contributed by atoms with Crippen molar-refractivity contribution >= 4 is 10.0 Å². The van der Waals surface area contributed by atoms with Crippen LogP contribution in [-0.4, -0.2) is 52.2 Å². The van der Waals surface area contributed by atoms with E-state index in [1.165, 1.54) is 16.8 Å². The summed E-state index contributed by atoms with van der Waals surface area (Å²) < 4.78 is 33.7. The Morgan fingerprint density at radius 1 is 1.50 bits per heavy atom. The quantitative estimate of drug-likeness (QED) is 0.854. The Labute approximate surface area is 116 Å². The van der Waals surface area contributed by atoms with Crippen LogP contribution >= 0.6 is 0 Å². The summed E-state index contributed by atoms with van der Waals surface area (Å²) in [5.74, 6) is 0. The molecule has 0 spiro atoms. The summed E-state index contributed by atoms with van der Waals surface area (Å²) in [7, 11) is -1.91. The van der Waals surface area contributed by atoms with Crippen LogP contribution in [0.25, 0.3) is 0 Å². The number of morpholine rings is 1. The predicted molar refractivity (Wildman–Crippen MR) is 69.2 cm³/mol. The molecule has 1 saturated heterocycles. The summed E-state index contributed by atoms with van der Waals surface area (Å²) in [6.45, 7) is 0.966. The Bertz CT molecular complexity index is 679. The highest BCUT2D eigenvalue weighted by Crippen LogP contribution is 2.28. The number of aromatic nitrogens is 4. The third-order valence-electron chi connectivity index (χ3n) is 3.21. The van der Waals surface area contributed by atoms with Gasteiger partial charge >= 0.3 is 0 Å². The topological polar surface area (TPSA) is 93.1 Å². The average Bonchev–Trinajstić information content (AvgIpc) is 3.10. The zero-order valence-corrected chi connectivity index (χ0v) is 11.7. The monoisotopic (exact) mass is 297 g/mol. The number of ether oxygens (including phenoxy) is 1. The maximum Gasteiger partial charge on any atom is 0.262 e. The van der Waals surface area contributed by atoms with Gasteiger partial charge in [-0.25, -0.2) is 13.4 Å². The molecule has 0 aliphatic carbocycles. The lowest BCUT2D eigenvalue weighted by molar-refractivity contribution is 0.0305. The molecule has 3 heterocycles. The van der Waals surface area contributed by atoms with Crippen molar-refractivity contribution in [2.75, 3.05) is 19.8 Å². The van der Waals surface area contributed by atoms with Gasteiger partial charge in [0.25, 0.3) is 10.0 Å². The van der Waals surface area contributed by atoms with E-state index >= 15 is 0 Å². The number of aromatic amines is 1. The lowest BCUT2D eigenvalue weighted by atomic mass is 10.2. The number of hydrogen-bond donors (Lipinski definition) is 1. The van der Waals surface area contributed by atoms with Crippen molar-refractivity contribution in [1.29, 1.82) is 0 Å². The molecule has 0 saturated carbocycles. The van der Waals surface area contributed by atoms with Gasteiger partial charge in [0.15, 0.2) is 5.03 Å². The molecule has 2 aromatic heterocycles. The zero-order chi connectivity index (χ0) is 14.2. The van der Waals surface area contributed by atoms with Crippen LogP contribution in [0.4, 0.5) is 0 Å². The number of rotatable bonds is 3. The standard InChI is InChI=1S/C11H15N5O3S/c1-15-6-11(12-8-15)20(17,18)16-4-5-19-7-10(16)9-2-3-13-14-9/h2-3,6,8,10H,4-5,7H2,1H3,(H,13,14)/t10-/m0/s1. The molecule has 0 radical (unpaired) electrons. The minimum Gasteiger partial charge on any atom is -0.378 e. The fraction of sp³-hybridized carbons (Fsp3) is 0.455. The molecule has 0 aromatic carbocycles. The van der Waals surface area contributed by atoms with Crippen LogP contribution in [0.15, 0.2) is 29.8 Å². The fourth-order valence-corrected chi connectivity index (χ4v) is 3.76. The lowest BCUT2D eigenvalue weighted by Crippen LogP contribution is -2.43. The van der Waals surface area contributed by atoms with Crippen molar-refractivity contribution in [3.05, 3.63) is 30.5 Å². The molecule has 3 rings (SSSR count). The van der Waals surface area contributed by atoms with E-state index < -0.39 is 16.1 Å². The largest absolute Gasteiger partial charge is 0.378 e. The molecular formula is C11H15N5O3S. The molecule has 2 aromatic rings. The summed E-state index contributed by atoms with van der Waals surface area (Å²) in [5.41, 5.74) is 0.712. The van der Waals surface area contributed by atoms with Crippen LogP contribution in [0.1, 0.15) is 11.7 Å². The summed E-state index contributed by atoms with van der Waals surface area (Å²) in [6.07, 6.45) is 4.56. The summed E-state index contributed by atoms with van der Waals surface area (Å²) in [4.78, 5) is 3.95. The molecule has 0 amide bonds. The van der Waals surface area contributed by atoms with E-state index in [0.717, 1.165) is 0 Å². The Kier molecular flexibility index (Phi) is 3.32. The number of hydrogen-bond acceptors (Lipinski definition) is 5. The van der Waals surface area contributed by atoms with Gasteiger partial charge in [-0.2, -0.15) is 9.40 Å². The third-order valence-corrected chi connectivity index (χ3v) is 5.01. The van der Waals surface area contributed by atoms with Gasteiger partial charge in [-0.05, 0) is 6.07 Å². The molecule has 0 bridgehead atoms. The predicted octanol–water partition coefficient (Wildman–Crippen LogP) is -0.0946. The van der Waals surface area contributed by atoms with E-state index in [1.54, 1.807) is 23.9 Å². The number of nitrogens with one attached hydrogen (secondary N) is 1. The maximum absolute atomic E-state index is 12.7. The van der Waals surface area contributed by atoms with Gasteiger partial charge in [0, 0.05) is 26.0 Å². The first-order valence-electron chi connectivity index (χ1n) is 6.16. The number of imidazole rings is 1. The normalized spacial score (nSPS) is 21.1. The summed E-state index contributed by atoms with van der Waals surface area (Å²) in [6, 6.07) is 1.35. The molecule has 8 nitrogen and oxygen atoms in total. The Balaban J connectivity index is 1.97. The van der Waals surface area contributed by atoms with E-state index in [4.69, 9.17) is 4.74 Å². The first-order valence-corrected chi connectivity index (χ1v) is 7.60. The van der Waals surface area contributed by atoms with Crippen molar-refractivity contribution in [2.24, 2.45) is 7.05 Å². The highest BCUT2D eigenvalue weighted by atomic mass is 32.2. The minimum absolute atomic E-state index is 0.0476. The van der Waals surface area contributed by atoms with Gasteiger partial charge in [-0.15, -0.1) is 0 Å². The fourth-order valence-electron chi connectivity index (χ4n) is 2.22. The van der Waals surface area contributed by atoms with Gasteiger partial charge < -0.3 is 9.30 Å². The maximum atomic E-state index is 12.7. The van der Waals surface area contributed by atoms with Gasteiger partial charge in [0.2, 0.25) is 0 Å². The second-order valence-corrected chi connectivity index (χ2v) is 6.43. The van der Waals surface area contributed by atoms with Crippen molar-refractivity contribution in [1.82, 2.24) is 24.1 Å². The first kappa shape index (κ1) is 13.3. The van der Waals surface area contributed by atoms with Crippen molar-refractivity contribution in [3.63, 3.8) is 0 Å². The van der Waals surface area contributed by atoms with Gasteiger partial charge in [-0.1, -0.05) is 0 Å². The highest BCUT2D eigenvalue weighted by molar-refractivity contribution is 7.89. The zero-order valence-electron chi connectivity index (χ0n) is 10.9. The van der Waals surface area contributed by atoms with Crippen molar-refractivity contribution in [2.45, 2.75) is 11.1 Å². The third kappa shape index (κ3) is 2.23. The molecule has 1 N–H and O–H groups in total. The molecule has 1 aliphatic heterocycles. The molecule has 9 heteroatoms. The van der Waals surface area contributed by atoms with E-state index in [9.17, 15) is 8.42 Å². The highest BCUT2D eigenvalue weighted by Gasteiger charge is 2.36. The molecule has 1 fully saturated rings. The van der Waals surface area contributed by atoms with Crippen LogP contribution in [0, 0.1) is 0 Å². The van der Waals surface area contributed by atoms with Crippen LogP contribution in [0.2, 0.25) is 0 Å². The molecule has 1 aliphatic rings. The van der Waals surface area contributed by atoms with Gasteiger partial charge in [0.05, 0.1) is 31.3 Å². The van der Waals surface area contributed by atoms with Crippen LogP contribution < -0.4 is 0 Å².